The average molecular weight is 401 g/mol. The van der Waals surface area contributed by atoms with Gasteiger partial charge in [0.05, 0.1) is 28.1 Å². The summed E-state index contributed by atoms with van der Waals surface area (Å²) in [6.07, 6.45) is 0.116. The molecule has 1 fully saturated rings. The molecule has 142 valence electrons. The van der Waals surface area contributed by atoms with E-state index in [0.29, 0.717) is 16.9 Å². The third-order valence-electron chi connectivity index (χ3n) is 4.59. The summed E-state index contributed by atoms with van der Waals surface area (Å²) >= 11 is 0. The number of benzene rings is 1. The van der Waals surface area contributed by atoms with Crippen LogP contribution in [0.4, 0.5) is 4.39 Å². The van der Waals surface area contributed by atoms with Gasteiger partial charge in [0, 0.05) is 17.8 Å². The first-order valence-electron chi connectivity index (χ1n) is 8.09. The molecule has 1 aromatic carbocycles. The van der Waals surface area contributed by atoms with E-state index in [4.69, 9.17) is 0 Å². The van der Waals surface area contributed by atoms with E-state index in [9.17, 15) is 21.2 Å². The first-order valence-corrected chi connectivity index (χ1v) is 11.5. The summed E-state index contributed by atoms with van der Waals surface area (Å²) in [5, 5.41) is 3.48. The number of sulfone groups is 1. The lowest BCUT2D eigenvalue weighted by Gasteiger charge is -2.12. The average Bonchev–Trinajstić information content (AvgIpc) is 3.07. The van der Waals surface area contributed by atoms with Gasteiger partial charge in [0.2, 0.25) is 10.0 Å². The largest absolute Gasteiger partial charge is 0.238 e. The van der Waals surface area contributed by atoms with Crippen molar-refractivity contribution >= 4 is 19.9 Å². The van der Waals surface area contributed by atoms with Gasteiger partial charge >= 0.3 is 0 Å². The molecule has 1 aliphatic heterocycles. The maximum Gasteiger partial charge on any atom is 0.215 e. The zero-order valence-corrected chi connectivity index (χ0v) is 16.1. The van der Waals surface area contributed by atoms with Crippen molar-refractivity contribution in [1.82, 2.24) is 14.5 Å². The van der Waals surface area contributed by atoms with E-state index in [1.54, 1.807) is 30.7 Å². The van der Waals surface area contributed by atoms with Gasteiger partial charge in [-0.15, -0.1) is 0 Å². The minimum Gasteiger partial charge on any atom is -0.238 e. The normalized spacial score (nSPS) is 19.7. The highest BCUT2D eigenvalue weighted by atomic mass is 32.2. The van der Waals surface area contributed by atoms with Crippen LogP contribution in [0.2, 0.25) is 0 Å². The number of sulfonamides is 1. The quantitative estimate of drug-likeness (QED) is 0.813. The van der Waals surface area contributed by atoms with Crippen molar-refractivity contribution in [3.05, 3.63) is 47.0 Å². The summed E-state index contributed by atoms with van der Waals surface area (Å²) in [6.45, 7) is 3.58. The minimum absolute atomic E-state index is 0.0255. The van der Waals surface area contributed by atoms with Crippen molar-refractivity contribution in [1.29, 1.82) is 0 Å². The van der Waals surface area contributed by atoms with Crippen molar-refractivity contribution in [2.24, 2.45) is 0 Å². The molecule has 10 heteroatoms. The van der Waals surface area contributed by atoms with Crippen molar-refractivity contribution in [3.63, 3.8) is 0 Å². The molecule has 0 amide bonds. The fraction of sp³-hybridized carbons (Fsp3) is 0.438. The van der Waals surface area contributed by atoms with Crippen molar-refractivity contribution in [2.75, 3.05) is 11.5 Å². The highest BCUT2D eigenvalue weighted by Crippen LogP contribution is 2.21. The third kappa shape index (κ3) is 3.81. The molecule has 26 heavy (non-hydrogen) atoms. The number of nitrogens with one attached hydrogen (secondary N) is 1. The SMILES string of the molecule is Cc1nn(-c2ccc(F)cc2)c(C)c1CNS(=O)(=O)[C@H]1CCS(=O)(=O)C1. The Bertz CT molecular complexity index is 1030. The predicted molar refractivity (Wildman–Crippen MR) is 95.8 cm³/mol. The molecule has 2 heterocycles. The molecule has 1 atom stereocenters. The van der Waals surface area contributed by atoms with E-state index in [1.807, 2.05) is 0 Å². The summed E-state index contributed by atoms with van der Waals surface area (Å²) in [7, 11) is -7.02. The molecule has 2 aromatic rings. The van der Waals surface area contributed by atoms with Crippen LogP contribution in [0.25, 0.3) is 5.69 Å². The number of aryl methyl sites for hydroxylation is 1. The monoisotopic (exact) mass is 401 g/mol. The number of aromatic nitrogens is 2. The second kappa shape index (κ2) is 6.75. The Morgan fingerprint density at radius 3 is 2.50 bits per heavy atom. The van der Waals surface area contributed by atoms with Gasteiger partial charge in [-0.3, -0.25) is 0 Å². The number of hydrogen-bond donors (Lipinski definition) is 1. The Hall–Kier alpha value is -1.78. The van der Waals surface area contributed by atoms with Crippen LogP contribution in [0.1, 0.15) is 23.4 Å². The van der Waals surface area contributed by atoms with Gasteiger partial charge in [-0.25, -0.2) is 30.6 Å². The van der Waals surface area contributed by atoms with Crippen LogP contribution >= 0.6 is 0 Å². The van der Waals surface area contributed by atoms with Crippen LogP contribution in [0, 0.1) is 19.7 Å². The van der Waals surface area contributed by atoms with E-state index in [1.165, 1.54) is 12.1 Å². The van der Waals surface area contributed by atoms with Gasteiger partial charge in [-0.2, -0.15) is 5.10 Å². The summed E-state index contributed by atoms with van der Waals surface area (Å²) in [5.74, 6) is -0.788. The predicted octanol–water partition coefficient (Wildman–Crippen LogP) is 1.23. The molecule has 0 aliphatic carbocycles. The summed E-state index contributed by atoms with van der Waals surface area (Å²) in [6, 6.07) is 5.83. The van der Waals surface area contributed by atoms with Crippen LogP contribution in [0.3, 0.4) is 0 Å². The van der Waals surface area contributed by atoms with Crippen molar-refractivity contribution < 1.29 is 21.2 Å². The molecule has 1 N–H and O–H groups in total. The fourth-order valence-electron chi connectivity index (χ4n) is 3.06. The van der Waals surface area contributed by atoms with Gasteiger partial charge in [0.15, 0.2) is 9.84 Å². The zero-order chi connectivity index (χ0) is 19.1. The minimum atomic E-state index is -3.74. The molecular formula is C16H20FN3O4S2. The third-order valence-corrected chi connectivity index (χ3v) is 8.40. The Balaban J connectivity index is 1.80. The highest BCUT2D eigenvalue weighted by molar-refractivity contribution is 7.95. The maximum atomic E-state index is 13.1. The van der Waals surface area contributed by atoms with Crippen LogP contribution in [-0.2, 0) is 26.4 Å². The number of hydrogen-bond acceptors (Lipinski definition) is 5. The fourth-order valence-corrected chi connectivity index (χ4v) is 7.10. The molecule has 0 unspecified atom stereocenters. The second-order valence-electron chi connectivity index (χ2n) is 6.43. The smallest absolute Gasteiger partial charge is 0.215 e. The van der Waals surface area contributed by atoms with Crippen LogP contribution < -0.4 is 4.72 Å². The van der Waals surface area contributed by atoms with E-state index < -0.39 is 25.1 Å². The van der Waals surface area contributed by atoms with Crippen LogP contribution in [0.5, 0.6) is 0 Å². The Morgan fingerprint density at radius 2 is 1.92 bits per heavy atom. The van der Waals surface area contributed by atoms with E-state index in [0.717, 1.165) is 5.69 Å². The lowest BCUT2D eigenvalue weighted by molar-refractivity contribution is 0.567. The number of rotatable bonds is 5. The van der Waals surface area contributed by atoms with Crippen LogP contribution in [-0.4, -0.2) is 43.4 Å². The maximum absolute atomic E-state index is 13.1. The lowest BCUT2D eigenvalue weighted by Crippen LogP contribution is -2.35. The zero-order valence-electron chi connectivity index (χ0n) is 14.4. The van der Waals surface area contributed by atoms with Gasteiger partial charge in [0.1, 0.15) is 5.82 Å². The van der Waals surface area contributed by atoms with E-state index in [2.05, 4.69) is 9.82 Å². The molecule has 0 radical (unpaired) electrons. The van der Waals surface area contributed by atoms with Gasteiger partial charge < -0.3 is 0 Å². The first-order chi connectivity index (χ1) is 12.1. The van der Waals surface area contributed by atoms with Gasteiger partial charge in [-0.05, 0) is 44.5 Å². The Kier molecular flexibility index (Phi) is 4.93. The number of nitrogens with zero attached hydrogens (tertiary/aromatic N) is 2. The van der Waals surface area contributed by atoms with Gasteiger partial charge in [-0.1, -0.05) is 0 Å². The van der Waals surface area contributed by atoms with E-state index in [-0.39, 0.29) is 30.3 Å². The molecule has 0 bridgehead atoms. The molecule has 0 saturated carbocycles. The van der Waals surface area contributed by atoms with E-state index >= 15 is 0 Å². The molecule has 0 spiro atoms. The molecule has 1 saturated heterocycles. The standard InChI is InChI=1S/C16H20FN3O4S2/c1-11-16(9-18-26(23,24)15-7-8-25(21,22)10-15)12(2)20(19-11)14-5-3-13(17)4-6-14/h3-6,15,18H,7-10H2,1-2H3/t15-/m0/s1. The van der Waals surface area contributed by atoms with Crippen molar-refractivity contribution in [2.45, 2.75) is 32.1 Å². The first kappa shape index (κ1) is 19.0. The van der Waals surface area contributed by atoms with Crippen LogP contribution in [0.15, 0.2) is 24.3 Å². The molecule has 3 rings (SSSR count). The molecule has 7 nitrogen and oxygen atoms in total. The molecule has 1 aromatic heterocycles. The number of halogens is 1. The topological polar surface area (TPSA) is 98.1 Å². The lowest BCUT2D eigenvalue weighted by atomic mass is 10.2. The summed E-state index contributed by atoms with van der Waals surface area (Å²) in [5.41, 5.74) is 2.76. The summed E-state index contributed by atoms with van der Waals surface area (Å²) < 4.78 is 65.0. The second-order valence-corrected chi connectivity index (χ2v) is 10.7. The Morgan fingerprint density at radius 1 is 1.27 bits per heavy atom. The Labute approximate surface area is 152 Å². The molecule has 1 aliphatic rings. The van der Waals surface area contributed by atoms with Crippen molar-refractivity contribution in [3.8, 4) is 5.69 Å². The summed E-state index contributed by atoms with van der Waals surface area (Å²) in [4.78, 5) is 0. The molecular weight excluding hydrogens is 381 g/mol. The highest BCUT2D eigenvalue weighted by Gasteiger charge is 2.37. The van der Waals surface area contributed by atoms with Gasteiger partial charge in [0.25, 0.3) is 0 Å².